The third-order valence-electron chi connectivity index (χ3n) is 2.72. The lowest BCUT2D eigenvalue weighted by Gasteiger charge is -2.10. The molecule has 0 saturated carbocycles. The maximum absolute atomic E-state index is 11.6. The van der Waals surface area contributed by atoms with Crippen LogP contribution in [0.15, 0.2) is 24.3 Å². The SMILES string of the molecule is CC(C(=O)NCc1ccc(C(N)=S)cc1)S(C)(=O)=O. The van der Waals surface area contributed by atoms with Crippen molar-refractivity contribution >= 4 is 33.0 Å². The number of sulfone groups is 1. The minimum atomic E-state index is -3.37. The second-order valence-corrected chi connectivity index (χ2v) is 7.06. The summed E-state index contributed by atoms with van der Waals surface area (Å²) in [5, 5.41) is 1.52. The summed E-state index contributed by atoms with van der Waals surface area (Å²) in [6.45, 7) is 1.62. The molecule has 1 aromatic rings. The van der Waals surface area contributed by atoms with Gasteiger partial charge in [-0.3, -0.25) is 4.79 Å². The van der Waals surface area contributed by atoms with Gasteiger partial charge in [0.25, 0.3) is 0 Å². The van der Waals surface area contributed by atoms with E-state index in [1.807, 2.05) is 0 Å². The fourth-order valence-electron chi connectivity index (χ4n) is 1.31. The highest BCUT2D eigenvalue weighted by Crippen LogP contribution is 2.05. The quantitative estimate of drug-likeness (QED) is 0.767. The highest BCUT2D eigenvalue weighted by Gasteiger charge is 2.22. The Morgan fingerprint density at radius 3 is 2.32 bits per heavy atom. The van der Waals surface area contributed by atoms with Crippen LogP contribution in [0.1, 0.15) is 18.1 Å². The lowest BCUT2D eigenvalue weighted by Crippen LogP contribution is -2.37. The first-order chi connectivity index (χ1) is 8.71. The van der Waals surface area contributed by atoms with Gasteiger partial charge in [0.15, 0.2) is 9.84 Å². The maximum Gasteiger partial charge on any atom is 0.238 e. The van der Waals surface area contributed by atoms with Gasteiger partial charge in [-0.15, -0.1) is 0 Å². The number of carbonyl (C=O) groups is 1. The van der Waals surface area contributed by atoms with Gasteiger partial charge in [0.05, 0.1) is 0 Å². The van der Waals surface area contributed by atoms with Crippen LogP contribution in [0.3, 0.4) is 0 Å². The Hall–Kier alpha value is -1.47. The molecule has 1 rings (SSSR count). The number of hydrogen-bond donors (Lipinski definition) is 2. The average molecular weight is 300 g/mol. The summed E-state index contributed by atoms with van der Waals surface area (Å²) in [6, 6.07) is 7.06. The average Bonchev–Trinajstić information content (AvgIpc) is 2.34. The summed E-state index contributed by atoms with van der Waals surface area (Å²) in [5.74, 6) is -0.513. The standard InChI is InChI=1S/C12H16N2O3S2/c1-8(19(2,16)17)12(15)14-7-9-3-5-10(6-4-9)11(13)18/h3-6,8H,7H2,1-2H3,(H2,13,18)(H,14,15). The smallest absolute Gasteiger partial charge is 0.238 e. The molecule has 1 aromatic carbocycles. The van der Waals surface area contributed by atoms with Crippen LogP contribution in [-0.4, -0.2) is 30.8 Å². The first kappa shape index (κ1) is 15.6. The van der Waals surface area contributed by atoms with Crippen molar-refractivity contribution in [3.63, 3.8) is 0 Å². The van der Waals surface area contributed by atoms with Gasteiger partial charge < -0.3 is 11.1 Å². The minimum absolute atomic E-state index is 0.260. The second kappa shape index (κ2) is 6.12. The van der Waals surface area contributed by atoms with Gasteiger partial charge in [-0.05, 0) is 12.5 Å². The molecule has 5 nitrogen and oxygen atoms in total. The van der Waals surface area contributed by atoms with E-state index in [4.69, 9.17) is 18.0 Å². The zero-order chi connectivity index (χ0) is 14.6. The summed E-state index contributed by atoms with van der Waals surface area (Å²) in [4.78, 5) is 11.9. The van der Waals surface area contributed by atoms with Crippen molar-refractivity contribution in [3.8, 4) is 0 Å². The third kappa shape index (κ3) is 4.60. The maximum atomic E-state index is 11.6. The molecule has 3 N–H and O–H groups in total. The largest absolute Gasteiger partial charge is 0.389 e. The summed E-state index contributed by atoms with van der Waals surface area (Å²) < 4.78 is 22.4. The van der Waals surface area contributed by atoms with Crippen LogP contribution in [-0.2, 0) is 21.2 Å². The zero-order valence-corrected chi connectivity index (χ0v) is 12.3. The Bertz CT molecular complexity index is 579. The van der Waals surface area contributed by atoms with Crippen LogP contribution in [0.25, 0.3) is 0 Å². The van der Waals surface area contributed by atoms with Crippen LogP contribution in [0, 0.1) is 0 Å². The molecule has 0 aliphatic rings. The van der Waals surface area contributed by atoms with Crippen molar-refractivity contribution in [2.24, 2.45) is 5.73 Å². The molecule has 1 unspecified atom stereocenters. The van der Waals surface area contributed by atoms with Crippen molar-refractivity contribution < 1.29 is 13.2 Å². The van der Waals surface area contributed by atoms with Crippen molar-refractivity contribution in [2.45, 2.75) is 18.7 Å². The monoisotopic (exact) mass is 300 g/mol. The predicted molar refractivity (Wildman–Crippen MR) is 78.5 cm³/mol. The van der Waals surface area contributed by atoms with E-state index in [-0.39, 0.29) is 6.54 Å². The van der Waals surface area contributed by atoms with Gasteiger partial charge in [0.2, 0.25) is 5.91 Å². The van der Waals surface area contributed by atoms with E-state index in [0.717, 1.165) is 17.4 Å². The number of thiocarbonyl (C=S) groups is 1. The summed E-state index contributed by atoms with van der Waals surface area (Å²) in [7, 11) is -3.37. The van der Waals surface area contributed by atoms with Gasteiger partial charge in [-0.2, -0.15) is 0 Å². The van der Waals surface area contributed by atoms with Crippen LogP contribution in [0.4, 0.5) is 0 Å². The Morgan fingerprint density at radius 1 is 1.37 bits per heavy atom. The van der Waals surface area contributed by atoms with E-state index in [1.165, 1.54) is 6.92 Å². The molecule has 0 aromatic heterocycles. The van der Waals surface area contributed by atoms with Crippen molar-refractivity contribution in [2.75, 3.05) is 6.26 Å². The molecule has 0 radical (unpaired) electrons. The molecule has 0 bridgehead atoms. The van der Waals surface area contributed by atoms with Crippen LogP contribution in [0.2, 0.25) is 0 Å². The minimum Gasteiger partial charge on any atom is -0.389 e. The zero-order valence-electron chi connectivity index (χ0n) is 10.7. The van der Waals surface area contributed by atoms with Gasteiger partial charge in [-0.25, -0.2) is 8.42 Å². The van der Waals surface area contributed by atoms with Gasteiger partial charge in [-0.1, -0.05) is 36.5 Å². The Labute approximate surface area is 118 Å². The molecule has 0 aliphatic heterocycles. The number of rotatable bonds is 5. The summed E-state index contributed by atoms with van der Waals surface area (Å²) in [6.07, 6.45) is 1.04. The summed E-state index contributed by atoms with van der Waals surface area (Å²) >= 11 is 4.83. The molecule has 0 aliphatic carbocycles. The molecule has 0 fully saturated rings. The third-order valence-corrected chi connectivity index (χ3v) is 4.45. The first-order valence-corrected chi connectivity index (χ1v) is 7.93. The topological polar surface area (TPSA) is 89.3 Å². The van der Waals surface area contributed by atoms with Crippen LogP contribution >= 0.6 is 12.2 Å². The molecule has 0 heterocycles. The lowest BCUT2D eigenvalue weighted by atomic mass is 10.1. The number of hydrogen-bond acceptors (Lipinski definition) is 4. The number of nitrogens with two attached hydrogens (primary N) is 1. The highest BCUT2D eigenvalue weighted by molar-refractivity contribution is 7.92. The van der Waals surface area contributed by atoms with E-state index < -0.39 is 21.0 Å². The lowest BCUT2D eigenvalue weighted by molar-refractivity contribution is -0.120. The molecule has 1 atom stereocenters. The Morgan fingerprint density at radius 2 is 1.89 bits per heavy atom. The van der Waals surface area contributed by atoms with Gasteiger partial charge in [0.1, 0.15) is 10.2 Å². The highest BCUT2D eigenvalue weighted by atomic mass is 32.2. The molecule has 104 valence electrons. The molecule has 19 heavy (non-hydrogen) atoms. The molecule has 7 heteroatoms. The molecular weight excluding hydrogens is 284 g/mol. The number of benzene rings is 1. The normalized spacial score (nSPS) is 12.7. The fraction of sp³-hybridized carbons (Fsp3) is 0.333. The molecule has 0 spiro atoms. The van der Waals surface area contributed by atoms with E-state index in [9.17, 15) is 13.2 Å². The Kier molecular flexibility index (Phi) is 5.02. The number of amides is 1. The second-order valence-electron chi connectivity index (χ2n) is 4.25. The van der Waals surface area contributed by atoms with Crippen LogP contribution < -0.4 is 11.1 Å². The van der Waals surface area contributed by atoms with E-state index in [2.05, 4.69) is 5.32 Å². The van der Waals surface area contributed by atoms with Gasteiger partial charge >= 0.3 is 0 Å². The van der Waals surface area contributed by atoms with E-state index >= 15 is 0 Å². The van der Waals surface area contributed by atoms with Crippen molar-refractivity contribution in [1.82, 2.24) is 5.32 Å². The molecular formula is C12H16N2O3S2. The fourth-order valence-corrected chi connectivity index (χ4v) is 1.92. The predicted octanol–water partition coefficient (Wildman–Crippen LogP) is 0.370. The first-order valence-electron chi connectivity index (χ1n) is 5.57. The van der Waals surface area contributed by atoms with Crippen LogP contribution in [0.5, 0.6) is 0 Å². The van der Waals surface area contributed by atoms with Crippen molar-refractivity contribution in [1.29, 1.82) is 0 Å². The van der Waals surface area contributed by atoms with Gasteiger partial charge in [0, 0.05) is 18.4 Å². The molecule has 1 amide bonds. The summed E-state index contributed by atoms with van der Waals surface area (Å²) in [5.41, 5.74) is 7.06. The van der Waals surface area contributed by atoms with Crippen molar-refractivity contribution in [3.05, 3.63) is 35.4 Å². The number of nitrogens with one attached hydrogen (secondary N) is 1. The Balaban J connectivity index is 2.62. The molecule has 0 saturated heterocycles. The van der Waals surface area contributed by atoms with E-state index in [1.54, 1.807) is 24.3 Å². The van der Waals surface area contributed by atoms with E-state index in [0.29, 0.717) is 4.99 Å². The number of carbonyl (C=O) groups excluding carboxylic acids is 1.